The van der Waals surface area contributed by atoms with Crippen molar-refractivity contribution in [2.24, 2.45) is 0 Å². The molecule has 1 aliphatic heterocycles. The molecule has 2 atom stereocenters. The predicted octanol–water partition coefficient (Wildman–Crippen LogP) is 6.72. The normalized spacial score (nSPS) is 17.5. The molecule has 0 bridgehead atoms. The Balaban J connectivity index is 1.47. The molecular weight excluding hydrogens is 526 g/mol. The van der Waals surface area contributed by atoms with Crippen LogP contribution in [0.5, 0.6) is 0 Å². The van der Waals surface area contributed by atoms with Crippen LogP contribution in [-0.4, -0.2) is 45.7 Å². The average molecular weight is 550 g/mol. The van der Waals surface area contributed by atoms with E-state index in [1.165, 1.54) is 0 Å². The van der Waals surface area contributed by atoms with E-state index in [1.54, 1.807) is 43.5 Å². The first-order chi connectivity index (χ1) is 17.5. The first-order valence-corrected chi connectivity index (χ1v) is 12.5. The van der Waals surface area contributed by atoms with Crippen molar-refractivity contribution in [1.29, 1.82) is 0 Å². The molecular formula is C26H24Cl2F3N5O. The van der Waals surface area contributed by atoms with Crippen molar-refractivity contribution in [2.45, 2.75) is 32.2 Å². The molecule has 5 rings (SSSR count). The Morgan fingerprint density at radius 3 is 2.46 bits per heavy atom. The van der Waals surface area contributed by atoms with Gasteiger partial charge in [0.05, 0.1) is 27.7 Å². The highest BCUT2D eigenvalue weighted by molar-refractivity contribution is 6.33. The van der Waals surface area contributed by atoms with Crippen LogP contribution in [0.4, 0.5) is 24.9 Å². The maximum atomic E-state index is 13.7. The van der Waals surface area contributed by atoms with Gasteiger partial charge in [0.25, 0.3) is 0 Å². The number of aliphatic hydroxyl groups is 1. The van der Waals surface area contributed by atoms with Gasteiger partial charge in [-0.15, -0.1) is 0 Å². The van der Waals surface area contributed by atoms with Gasteiger partial charge < -0.3 is 19.9 Å². The lowest BCUT2D eigenvalue weighted by molar-refractivity contribution is -0.137. The van der Waals surface area contributed by atoms with Crippen LogP contribution in [0.25, 0.3) is 22.2 Å². The van der Waals surface area contributed by atoms with Crippen molar-refractivity contribution in [2.75, 3.05) is 29.4 Å². The van der Waals surface area contributed by atoms with Gasteiger partial charge in [-0.2, -0.15) is 13.2 Å². The number of benzene rings is 2. The quantitative estimate of drug-likeness (QED) is 0.295. The summed E-state index contributed by atoms with van der Waals surface area (Å²) in [5, 5.41) is 10.7. The van der Waals surface area contributed by atoms with Gasteiger partial charge in [0.2, 0.25) is 5.95 Å². The van der Waals surface area contributed by atoms with Crippen LogP contribution in [0, 0.1) is 0 Å². The fraction of sp³-hybridized carbons (Fsp3) is 0.308. The van der Waals surface area contributed by atoms with Crippen molar-refractivity contribution >= 4 is 46.0 Å². The summed E-state index contributed by atoms with van der Waals surface area (Å²) in [7, 11) is 0. The van der Waals surface area contributed by atoms with Crippen LogP contribution >= 0.6 is 23.2 Å². The summed E-state index contributed by atoms with van der Waals surface area (Å²) < 4.78 is 41.1. The minimum atomic E-state index is -4.51. The number of fused-ring (bicyclic) bond motifs is 1. The number of halogens is 5. The molecule has 0 radical (unpaired) electrons. The molecule has 1 aliphatic rings. The molecule has 2 aromatic carbocycles. The highest BCUT2D eigenvalue weighted by Gasteiger charge is 2.33. The molecule has 11 heteroatoms. The third-order valence-electron chi connectivity index (χ3n) is 6.59. The number of aromatic nitrogens is 3. The second kappa shape index (κ2) is 9.70. The van der Waals surface area contributed by atoms with E-state index in [0.717, 1.165) is 12.1 Å². The molecule has 0 saturated carbocycles. The summed E-state index contributed by atoms with van der Waals surface area (Å²) in [6.07, 6.45) is -3.57. The molecule has 4 aromatic rings. The first kappa shape index (κ1) is 25.6. The summed E-state index contributed by atoms with van der Waals surface area (Å²) in [5.74, 6) is 1.13. The van der Waals surface area contributed by atoms with Gasteiger partial charge in [0, 0.05) is 48.0 Å². The van der Waals surface area contributed by atoms with E-state index >= 15 is 0 Å². The lowest BCUT2D eigenvalue weighted by Gasteiger charge is -2.40. The van der Waals surface area contributed by atoms with E-state index in [-0.39, 0.29) is 11.6 Å². The SMILES string of the molecule is C[C@H](O)c1cnc(N2CCN(c3nc4cc(C(F)(F)F)cc(-c5ccc(Cl)cc5)c4[nH]3)[C@H](C)C2)c(Cl)c1. The zero-order chi connectivity index (χ0) is 26.5. The van der Waals surface area contributed by atoms with E-state index in [2.05, 4.69) is 19.9 Å². The number of hydrogen-bond acceptors (Lipinski definition) is 5. The number of rotatable bonds is 4. The fourth-order valence-electron chi connectivity index (χ4n) is 4.63. The molecule has 0 unspecified atom stereocenters. The standard InChI is InChI=1S/C26H24Cl2F3N5O/c1-14-13-35(24-21(28)9-17(12-32-24)15(2)37)7-8-36(14)25-33-22-11-18(26(29,30)31)10-20(23(22)34-25)16-3-5-19(27)6-4-16/h3-6,9-12,14-15,37H,7-8,13H2,1-2H3,(H,33,34)/t14-,15+/m1/s1. The van der Waals surface area contributed by atoms with Crippen molar-refractivity contribution in [1.82, 2.24) is 15.0 Å². The first-order valence-electron chi connectivity index (χ1n) is 11.7. The maximum absolute atomic E-state index is 13.7. The van der Waals surface area contributed by atoms with Crippen molar-refractivity contribution < 1.29 is 18.3 Å². The van der Waals surface area contributed by atoms with E-state index in [9.17, 15) is 18.3 Å². The topological polar surface area (TPSA) is 68.3 Å². The lowest BCUT2D eigenvalue weighted by Crippen LogP contribution is -2.52. The van der Waals surface area contributed by atoms with E-state index < -0.39 is 17.8 Å². The molecule has 194 valence electrons. The zero-order valence-electron chi connectivity index (χ0n) is 20.0. The van der Waals surface area contributed by atoms with Gasteiger partial charge in [-0.1, -0.05) is 35.3 Å². The Kier molecular flexibility index (Phi) is 6.72. The van der Waals surface area contributed by atoms with Gasteiger partial charge in [0.1, 0.15) is 5.82 Å². The van der Waals surface area contributed by atoms with Crippen LogP contribution < -0.4 is 9.80 Å². The van der Waals surface area contributed by atoms with E-state index in [0.29, 0.717) is 63.7 Å². The van der Waals surface area contributed by atoms with Crippen molar-refractivity contribution in [3.63, 3.8) is 0 Å². The molecule has 6 nitrogen and oxygen atoms in total. The summed E-state index contributed by atoms with van der Waals surface area (Å²) >= 11 is 12.4. The molecule has 0 amide bonds. The van der Waals surface area contributed by atoms with Gasteiger partial charge in [0.15, 0.2) is 0 Å². The van der Waals surface area contributed by atoms with Crippen molar-refractivity contribution in [3.8, 4) is 11.1 Å². The number of aromatic amines is 1. The largest absolute Gasteiger partial charge is 0.416 e. The molecule has 2 aromatic heterocycles. The third kappa shape index (κ3) is 5.08. The molecule has 0 aliphatic carbocycles. The van der Waals surface area contributed by atoms with E-state index in [4.69, 9.17) is 23.2 Å². The van der Waals surface area contributed by atoms with Crippen LogP contribution in [-0.2, 0) is 6.18 Å². The second-order valence-electron chi connectivity index (χ2n) is 9.22. The monoisotopic (exact) mass is 549 g/mol. The molecule has 0 spiro atoms. The number of H-pyrrole nitrogens is 1. The summed E-state index contributed by atoms with van der Waals surface area (Å²) in [6.45, 7) is 5.38. The predicted molar refractivity (Wildman–Crippen MR) is 140 cm³/mol. The highest BCUT2D eigenvalue weighted by atomic mass is 35.5. The maximum Gasteiger partial charge on any atom is 0.416 e. The van der Waals surface area contributed by atoms with Gasteiger partial charge in [-0.25, -0.2) is 9.97 Å². The van der Waals surface area contributed by atoms with E-state index in [1.807, 2.05) is 11.8 Å². The molecule has 1 saturated heterocycles. The summed E-state index contributed by atoms with van der Waals surface area (Å²) in [6, 6.07) is 10.6. The smallest absolute Gasteiger partial charge is 0.389 e. The Labute approximate surface area is 221 Å². The zero-order valence-corrected chi connectivity index (χ0v) is 21.5. The number of nitrogens with one attached hydrogen (secondary N) is 1. The minimum absolute atomic E-state index is 0.0373. The third-order valence-corrected chi connectivity index (χ3v) is 7.12. The fourth-order valence-corrected chi connectivity index (χ4v) is 5.05. The van der Waals surface area contributed by atoms with Gasteiger partial charge >= 0.3 is 6.18 Å². The molecule has 2 N–H and O–H groups in total. The summed E-state index contributed by atoms with van der Waals surface area (Å²) in [5.41, 5.74) is 1.65. The van der Waals surface area contributed by atoms with Crippen LogP contribution in [0.3, 0.4) is 0 Å². The molecule has 1 fully saturated rings. The molecule has 37 heavy (non-hydrogen) atoms. The van der Waals surface area contributed by atoms with Crippen LogP contribution in [0.2, 0.25) is 10.0 Å². The average Bonchev–Trinajstić information content (AvgIpc) is 3.27. The number of hydrogen-bond donors (Lipinski definition) is 2. The highest BCUT2D eigenvalue weighted by Crippen LogP contribution is 2.38. The number of pyridine rings is 1. The number of alkyl halides is 3. The number of aliphatic hydroxyl groups excluding tert-OH is 1. The Morgan fingerprint density at radius 1 is 1.11 bits per heavy atom. The Bertz CT molecular complexity index is 1440. The summed E-state index contributed by atoms with van der Waals surface area (Å²) in [4.78, 5) is 16.4. The Hall–Kier alpha value is -3.01. The van der Waals surface area contributed by atoms with Gasteiger partial charge in [-0.3, -0.25) is 0 Å². The number of piperazine rings is 1. The van der Waals surface area contributed by atoms with Crippen molar-refractivity contribution in [3.05, 3.63) is 69.8 Å². The number of imidazole rings is 1. The lowest BCUT2D eigenvalue weighted by atomic mass is 10.0. The van der Waals surface area contributed by atoms with Gasteiger partial charge in [-0.05, 0) is 49.7 Å². The molecule has 3 heterocycles. The second-order valence-corrected chi connectivity index (χ2v) is 10.1. The van der Waals surface area contributed by atoms with Crippen LogP contribution in [0.1, 0.15) is 31.1 Å². The number of anilines is 2. The number of nitrogens with zero attached hydrogens (tertiary/aromatic N) is 4. The minimum Gasteiger partial charge on any atom is -0.389 e. The van der Waals surface area contributed by atoms with Crippen LogP contribution in [0.15, 0.2) is 48.7 Å². The Morgan fingerprint density at radius 2 is 1.84 bits per heavy atom.